The van der Waals surface area contributed by atoms with Gasteiger partial charge in [-0.15, -0.1) is 0 Å². The molecule has 1 aromatic heterocycles. The number of furan rings is 1. The predicted octanol–water partition coefficient (Wildman–Crippen LogP) is 13.6. The van der Waals surface area contributed by atoms with E-state index in [4.69, 9.17) is 4.42 Å². The van der Waals surface area contributed by atoms with Crippen LogP contribution in [0.4, 0.5) is 11.4 Å². The van der Waals surface area contributed by atoms with Gasteiger partial charge in [0, 0.05) is 28.4 Å². The third-order valence-corrected chi connectivity index (χ3v) is 13.0. The van der Waals surface area contributed by atoms with Crippen LogP contribution in [0.1, 0.15) is 52.8 Å². The first-order chi connectivity index (χ1) is 27.0. The summed E-state index contributed by atoms with van der Waals surface area (Å²) in [5, 5.41) is 2.27. The van der Waals surface area contributed by atoms with Crippen LogP contribution in [0.3, 0.4) is 0 Å². The molecular formula is C53H37NO. The summed E-state index contributed by atoms with van der Waals surface area (Å²) in [5.74, 6) is 0. The maximum atomic E-state index is 6.80. The van der Waals surface area contributed by atoms with Crippen molar-refractivity contribution < 1.29 is 4.42 Å². The second kappa shape index (κ2) is 11.0. The van der Waals surface area contributed by atoms with Gasteiger partial charge >= 0.3 is 0 Å². The van der Waals surface area contributed by atoms with Crippen LogP contribution in [0.25, 0.3) is 55.3 Å². The van der Waals surface area contributed by atoms with E-state index in [1.807, 2.05) is 0 Å². The molecule has 2 nitrogen and oxygen atoms in total. The van der Waals surface area contributed by atoms with Crippen LogP contribution in [0.15, 0.2) is 180 Å². The molecule has 0 unspecified atom stereocenters. The quantitative estimate of drug-likeness (QED) is 0.181. The summed E-state index contributed by atoms with van der Waals surface area (Å²) in [7, 11) is 0. The van der Waals surface area contributed by atoms with E-state index < -0.39 is 5.41 Å². The van der Waals surface area contributed by atoms with Gasteiger partial charge in [-0.25, -0.2) is 0 Å². The minimum Gasteiger partial charge on any atom is -0.454 e. The molecule has 1 spiro atoms. The fraction of sp³-hybridized carbons (Fsp3) is 0.0943. The van der Waals surface area contributed by atoms with Crippen molar-refractivity contribution in [1.82, 2.24) is 0 Å². The van der Waals surface area contributed by atoms with Gasteiger partial charge in [0.2, 0.25) is 0 Å². The first-order valence-electron chi connectivity index (χ1n) is 19.4. The number of anilines is 2. The van der Waals surface area contributed by atoms with Crippen molar-refractivity contribution in [3.63, 3.8) is 0 Å². The molecule has 0 saturated carbocycles. The summed E-state index contributed by atoms with van der Waals surface area (Å²) < 4.78 is 6.80. The van der Waals surface area contributed by atoms with Gasteiger partial charge in [0.05, 0.1) is 11.1 Å². The number of hydrogen-bond donors (Lipinski definition) is 0. The average Bonchev–Trinajstić information content (AvgIpc) is 3.93. The van der Waals surface area contributed by atoms with Crippen molar-refractivity contribution in [2.75, 3.05) is 4.90 Å². The highest BCUT2D eigenvalue weighted by molar-refractivity contribution is 6.09. The summed E-state index contributed by atoms with van der Waals surface area (Å²) in [6.07, 6.45) is 0. The van der Waals surface area contributed by atoms with Gasteiger partial charge < -0.3 is 9.32 Å². The summed E-state index contributed by atoms with van der Waals surface area (Å²) in [6.45, 7) is 5.39. The Balaban J connectivity index is 1.13. The van der Waals surface area contributed by atoms with E-state index in [0.29, 0.717) is 6.54 Å². The predicted molar refractivity (Wildman–Crippen MR) is 226 cm³/mol. The Morgan fingerprint density at radius 2 is 0.982 bits per heavy atom. The van der Waals surface area contributed by atoms with Gasteiger partial charge in [0.15, 0.2) is 5.58 Å². The SMILES string of the molecule is CC1(C)c2ccccc2-c2ccc(N(Cc3cccc4c3C3(c5ccccc5-c5ccccc53)c3ccccc3-4)c3cccc4c3oc3ccccc34)cc21. The highest BCUT2D eigenvalue weighted by Crippen LogP contribution is 2.63. The number of fused-ring (bicyclic) bond motifs is 16. The molecule has 0 atom stereocenters. The van der Waals surface area contributed by atoms with Gasteiger partial charge in [-0.05, 0) is 96.6 Å². The van der Waals surface area contributed by atoms with Crippen molar-refractivity contribution in [2.24, 2.45) is 0 Å². The summed E-state index contributed by atoms with van der Waals surface area (Å²) in [6, 6.07) is 65.3. The molecule has 0 amide bonds. The van der Waals surface area contributed by atoms with E-state index >= 15 is 0 Å². The van der Waals surface area contributed by atoms with Gasteiger partial charge in [-0.3, -0.25) is 0 Å². The Kier molecular flexibility index (Phi) is 6.14. The molecule has 55 heavy (non-hydrogen) atoms. The standard InChI is InChI=1S/C53H37NO/c1-52(2)43-23-8-3-16-35(43)39-30-29-34(31-47(39)52)54(48-27-14-22-42-40-20-7-12-28-49(40)55-51(42)48)32-33-15-13-21-41-38-19-6-11-26-46(38)53(50(33)41)44-24-9-4-17-36(44)37-18-5-10-25-45(37)53/h3-31H,32H2,1-2H3. The van der Waals surface area contributed by atoms with Gasteiger partial charge in [-0.1, -0.05) is 166 Å². The minimum absolute atomic E-state index is 0.129. The molecule has 260 valence electrons. The molecule has 3 aliphatic carbocycles. The van der Waals surface area contributed by atoms with E-state index in [1.165, 1.54) is 72.3 Å². The first kappa shape index (κ1) is 30.8. The van der Waals surface area contributed by atoms with Crippen molar-refractivity contribution >= 4 is 33.3 Å². The lowest BCUT2D eigenvalue weighted by molar-refractivity contribution is 0.659. The van der Waals surface area contributed by atoms with Crippen molar-refractivity contribution in [3.8, 4) is 33.4 Å². The molecule has 0 N–H and O–H groups in total. The monoisotopic (exact) mass is 703 g/mol. The van der Waals surface area contributed by atoms with Gasteiger partial charge in [-0.2, -0.15) is 0 Å². The largest absolute Gasteiger partial charge is 0.454 e. The molecule has 0 fully saturated rings. The maximum absolute atomic E-state index is 6.80. The normalized spacial score (nSPS) is 14.7. The zero-order chi connectivity index (χ0) is 36.5. The van der Waals surface area contributed by atoms with E-state index in [0.717, 1.165) is 33.3 Å². The molecule has 9 aromatic rings. The number of nitrogens with zero attached hydrogens (tertiary/aromatic N) is 1. The lowest BCUT2D eigenvalue weighted by Gasteiger charge is -2.34. The van der Waals surface area contributed by atoms with E-state index in [2.05, 4.69) is 195 Å². The smallest absolute Gasteiger partial charge is 0.159 e. The molecule has 12 rings (SSSR count). The van der Waals surface area contributed by atoms with E-state index in [1.54, 1.807) is 0 Å². The molecule has 0 aliphatic heterocycles. The summed E-state index contributed by atoms with van der Waals surface area (Å²) in [4.78, 5) is 2.52. The van der Waals surface area contributed by atoms with Crippen molar-refractivity contribution in [1.29, 1.82) is 0 Å². The Morgan fingerprint density at radius 1 is 0.455 bits per heavy atom. The number of benzene rings is 8. The zero-order valence-electron chi connectivity index (χ0n) is 30.8. The molecule has 1 heterocycles. The lowest BCUT2D eigenvalue weighted by atomic mass is 9.69. The average molecular weight is 704 g/mol. The fourth-order valence-corrected chi connectivity index (χ4v) is 10.7. The first-order valence-corrected chi connectivity index (χ1v) is 19.4. The van der Waals surface area contributed by atoms with Crippen LogP contribution in [0.2, 0.25) is 0 Å². The molecule has 2 heteroatoms. The topological polar surface area (TPSA) is 16.4 Å². The minimum atomic E-state index is -0.436. The Labute approximate surface area is 320 Å². The van der Waals surface area contributed by atoms with E-state index in [-0.39, 0.29) is 5.41 Å². The van der Waals surface area contributed by atoms with Crippen LogP contribution >= 0.6 is 0 Å². The van der Waals surface area contributed by atoms with Crippen LogP contribution in [0.5, 0.6) is 0 Å². The molecule has 0 radical (unpaired) electrons. The molecule has 0 saturated heterocycles. The Morgan fingerprint density at radius 3 is 1.69 bits per heavy atom. The molecule has 8 aromatic carbocycles. The highest BCUT2D eigenvalue weighted by atomic mass is 16.3. The van der Waals surface area contributed by atoms with Crippen LogP contribution in [-0.2, 0) is 17.4 Å². The van der Waals surface area contributed by atoms with Crippen molar-refractivity contribution in [2.45, 2.75) is 31.2 Å². The molecule has 0 bridgehead atoms. The summed E-state index contributed by atoms with van der Waals surface area (Å²) >= 11 is 0. The Hall–Kier alpha value is -6.64. The summed E-state index contributed by atoms with van der Waals surface area (Å²) in [5.41, 5.74) is 20.9. The number of para-hydroxylation sites is 2. The fourth-order valence-electron chi connectivity index (χ4n) is 10.7. The zero-order valence-corrected chi connectivity index (χ0v) is 30.8. The lowest BCUT2D eigenvalue weighted by Crippen LogP contribution is -2.29. The molecular weight excluding hydrogens is 667 g/mol. The van der Waals surface area contributed by atoms with Crippen molar-refractivity contribution in [3.05, 3.63) is 215 Å². The third-order valence-electron chi connectivity index (χ3n) is 13.0. The second-order valence-electron chi connectivity index (χ2n) is 16.0. The second-order valence-corrected chi connectivity index (χ2v) is 16.0. The van der Waals surface area contributed by atoms with Crippen LogP contribution < -0.4 is 4.90 Å². The number of hydrogen-bond acceptors (Lipinski definition) is 2. The number of rotatable bonds is 4. The Bertz CT molecular complexity index is 3010. The maximum Gasteiger partial charge on any atom is 0.159 e. The third kappa shape index (κ3) is 3.94. The molecule has 3 aliphatic rings. The van der Waals surface area contributed by atoms with E-state index in [9.17, 15) is 0 Å². The van der Waals surface area contributed by atoms with Gasteiger partial charge in [0.1, 0.15) is 5.58 Å². The van der Waals surface area contributed by atoms with Crippen LogP contribution in [-0.4, -0.2) is 0 Å². The van der Waals surface area contributed by atoms with Gasteiger partial charge in [0.25, 0.3) is 0 Å². The highest BCUT2D eigenvalue weighted by Gasteiger charge is 2.52. The van der Waals surface area contributed by atoms with Crippen LogP contribution in [0, 0.1) is 0 Å².